The quantitative estimate of drug-likeness (QED) is 0.708. The van der Waals surface area contributed by atoms with Crippen molar-refractivity contribution in [3.63, 3.8) is 0 Å². The van der Waals surface area contributed by atoms with Crippen LogP contribution < -0.4 is 5.69 Å². The maximum atomic E-state index is 12.8. The molecule has 3 heterocycles. The highest BCUT2D eigenvalue weighted by Crippen LogP contribution is 2.33. The molecule has 1 unspecified atom stereocenters. The second-order valence-electron chi connectivity index (χ2n) is 8.86. The Morgan fingerprint density at radius 1 is 1.03 bits per heavy atom. The number of fused-ring (bicyclic) bond motifs is 1. The van der Waals surface area contributed by atoms with Gasteiger partial charge in [-0.15, -0.1) is 0 Å². The van der Waals surface area contributed by atoms with Crippen molar-refractivity contribution < 1.29 is 4.79 Å². The van der Waals surface area contributed by atoms with Crippen molar-refractivity contribution in [2.75, 3.05) is 19.6 Å². The summed E-state index contributed by atoms with van der Waals surface area (Å²) in [6, 6.07) is 12.5. The zero-order chi connectivity index (χ0) is 21.4. The summed E-state index contributed by atoms with van der Waals surface area (Å²) in [5.74, 6) is 0.0719. The molecule has 1 N–H and O–H groups in total. The second-order valence-corrected chi connectivity index (χ2v) is 8.86. The van der Waals surface area contributed by atoms with E-state index in [0.717, 1.165) is 56.4 Å². The van der Waals surface area contributed by atoms with Crippen LogP contribution in [-0.4, -0.2) is 62.0 Å². The number of carbonyl (C=O) groups is 1. The lowest BCUT2D eigenvalue weighted by molar-refractivity contribution is 0.0305. The van der Waals surface area contributed by atoms with Gasteiger partial charge in [0.1, 0.15) is 0 Å². The Morgan fingerprint density at radius 2 is 1.81 bits per heavy atom. The van der Waals surface area contributed by atoms with E-state index in [4.69, 9.17) is 0 Å². The first kappa shape index (κ1) is 20.0. The van der Waals surface area contributed by atoms with Gasteiger partial charge in [0.2, 0.25) is 0 Å². The highest BCUT2D eigenvalue weighted by Gasteiger charge is 2.34. The van der Waals surface area contributed by atoms with Crippen molar-refractivity contribution in [2.45, 2.75) is 50.7 Å². The van der Waals surface area contributed by atoms with E-state index in [1.807, 2.05) is 45.9 Å². The van der Waals surface area contributed by atoms with E-state index in [-0.39, 0.29) is 23.7 Å². The van der Waals surface area contributed by atoms with Crippen molar-refractivity contribution in [3.05, 3.63) is 64.8 Å². The van der Waals surface area contributed by atoms with Crippen LogP contribution in [0.15, 0.2) is 53.6 Å². The summed E-state index contributed by atoms with van der Waals surface area (Å²) in [5, 5.41) is 0. The highest BCUT2D eigenvalue weighted by atomic mass is 16.2. The predicted octanol–water partition coefficient (Wildman–Crippen LogP) is 3.05. The molecule has 2 aromatic heterocycles. The topological polar surface area (TPSA) is 74.2 Å². The molecule has 7 heteroatoms. The zero-order valence-electron chi connectivity index (χ0n) is 17.9. The van der Waals surface area contributed by atoms with Gasteiger partial charge in [-0.2, -0.15) is 0 Å². The molecule has 0 bridgehead atoms. The number of nitrogens with zero attached hydrogens (tertiary/aromatic N) is 4. The Bertz CT molecular complexity index is 1110. The van der Waals surface area contributed by atoms with E-state index < -0.39 is 0 Å². The summed E-state index contributed by atoms with van der Waals surface area (Å²) in [7, 11) is 0. The monoisotopic (exact) mass is 419 g/mol. The molecule has 1 saturated carbocycles. The summed E-state index contributed by atoms with van der Waals surface area (Å²) in [6.07, 6.45) is 7.53. The summed E-state index contributed by atoms with van der Waals surface area (Å²) in [5.41, 5.74) is 2.58. The molecule has 2 aliphatic rings. The number of hydrogen-bond donors (Lipinski definition) is 1. The van der Waals surface area contributed by atoms with Gasteiger partial charge < -0.3 is 9.88 Å². The normalized spacial score (nSPS) is 25.1. The van der Waals surface area contributed by atoms with E-state index in [2.05, 4.69) is 21.8 Å². The van der Waals surface area contributed by atoms with Crippen LogP contribution in [0.25, 0.3) is 11.0 Å². The number of piperazine rings is 1. The van der Waals surface area contributed by atoms with Gasteiger partial charge in [-0.1, -0.05) is 12.1 Å². The number of imidazole rings is 1. The van der Waals surface area contributed by atoms with E-state index >= 15 is 0 Å². The van der Waals surface area contributed by atoms with Crippen LogP contribution in [0.4, 0.5) is 0 Å². The molecule has 7 nitrogen and oxygen atoms in total. The molecule has 1 atom stereocenters. The highest BCUT2D eigenvalue weighted by molar-refractivity contribution is 5.94. The second kappa shape index (κ2) is 8.30. The molecule has 1 aliphatic carbocycles. The Kier molecular flexibility index (Phi) is 5.36. The first-order valence-corrected chi connectivity index (χ1v) is 11.3. The maximum absolute atomic E-state index is 12.8. The standard InChI is InChI=1S/C24H29N5O2/c1-17-16-27(13-14-28(17)23(30)18-5-4-12-25-15-18)19-8-10-20(11-9-19)29-22-7-3-2-6-21(22)26-24(29)31/h2-7,12,15,17,19-20H,8-11,13-14,16H2,1H3,(H,26,31). The minimum Gasteiger partial charge on any atom is -0.333 e. The van der Waals surface area contributed by atoms with Crippen molar-refractivity contribution in [2.24, 2.45) is 0 Å². The molecule has 1 aliphatic heterocycles. The van der Waals surface area contributed by atoms with Gasteiger partial charge >= 0.3 is 5.69 Å². The number of pyridine rings is 1. The van der Waals surface area contributed by atoms with Crippen LogP contribution in [-0.2, 0) is 0 Å². The van der Waals surface area contributed by atoms with Crippen LogP contribution >= 0.6 is 0 Å². The molecule has 5 rings (SSSR count). The molecule has 0 radical (unpaired) electrons. The molecule has 1 aromatic carbocycles. The van der Waals surface area contributed by atoms with Gasteiger partial charge in [0.05, 0.1) is 16.6 Å². The number of aromatic nitrogens is 3. The molecular weight excluding hydrogens is 390 g/mol. The predicted molar refractivity (Wildman–Crippen MR) is 120 cm³/mol. The van der Waals surface area contributed by atoms with E-state index in [0.29, 0.717) is 11.6 Å². The van der Waals surface area contributed by atoms with Crippen molar-refractivity contribution in [1.82, 2.24) is 24.3 Å². The molecular formula is C24H29N5O2. The van der Waals surface area contributed by atoms with Crippen LogP contribution in [0.1, 0.15) is 49.0 Å². The fourth-order valence-electron chi connectivity index (χ4n) is 5.39. The maximum Gasteiger partial charge on any atom is 0.326 e. The molecule has 162 valence electrons. The lowest BCUT2D eigenvalue weighted by Crippen LogP contribution is -2.57. The van der Waals surface area contributed by atoms with Crippen LogP contribution in [0.5, 0.6) is 0 Å². The largest absolute Gasteiger partial charge is 0.333 e. The van der Waals surface area contributed by atoms with Gasteiger partial charge in [-0.25, -0.2) is 4.79 Å². The van der Waals surface area contributed by atoms with Crippen LogP contribution in [0.3, 0.4) is 0 Å². The SMILES string of the molecule is CC1CN(C2CCC(n3c(=O)[nH]c4ccccc43)CC2)CCN1C(=O)c1cccnc1. The van der Waals surface area contributed by atoms with E-state index in [9.17, 15) is 9.59 Å². The fourth-order valence-corrected chi connectivity index (χ4v) is 5.39. The van der Waals surface area contributed by atoms with Crippen molar-refractivity contribution in [1.29, 1.82) is 0 Å². The minimum absolute atomic E-state index is 0.000741. The molecule has 1 saturated heterocycles. The number of benzene rings is 1. The molecule has 0 spiro atoms. The third-order valence-corrected chi connectivity index (χ3v) is 7.00. The van der Waals surface area contributed by atoms with Gasteiger partial charge in [-0.3, -0.25) is 19.2 Å². The number of carbonyl (C=O) groups excluding carboxylic acids is 1. The van der Waals surface area contributed by atoms with E-state index in [1.165, 1.54) is 0 Å². The van der Waals surface area contributed by atoms with Gasteiger partial charge in [0, 0.05) is 50.2 Å². The fraction of sp³-hybridized carbons (Fsp3) is 0.458. The lowest BCUT2D eigenvalue weighted by Gasteiger charge is -2.45. The van der Waals surface area contributed by atoms with Crippen molar-refractivity contribution >= 4 is 16.9 Å². The molecule has 1 amide bonds. The smallest absolute Gasteiger partial charge is 0.326 e. The van der Waals surface area contributed by atoms with Crippen LogP contribution in [0, 0.1) is 0 Å². The average molecular weight is 420 g/mol. The average Bonchev–Trinajstić information content (AvgIpc) is 3.15. The number of hydrogen-bond acceptors (Lipinski definition) is 4. The first-order valence-electron chi connectivity index (χ1n) is 11.3. The third-order valence-electron chi connectivity index (χ3n) is 7.00. The summed E-state index contributed by atoms with van der Waals surface area (Å²) >= 11 is 0. The number of para-hydroxylation sites is 2. The molecule has 3 aromatic rings. The Morgan fingerprint density at radius 3 is 2.55 bits per heavy atom. The minimum atomic E-state index is 0.000741. The number of H-pyrrole nitrogens is 1. The number of aromatic amines is 1. The summed E-state index contributed by atoms with van der Waals surface area (Å²) in [4.78, 5) is 37.0. The number of nitrogens with one attached hydrogen (secondary N) is 1. The van der Waals surface area contributed by atoms with Gasteiger partial charge in [0.15, 0.2) is 0 Å². The van der Waals surface area contributed by atoms with Crippen LogP contribution in [0.2, 0.25) is 0 Å². The summed E-state index contributed by atoms with van der Waals surface area (Å²) in [6.45, 7) is 4.68. The Balaban J connectivity index is 1.21. The van der Waals surface area contributed by atoms with Gasteiger partial charge in [0.25, 0.3) is 5.91 Å². The third kappa shape index (κ3) is 3.78. The summed E-state index contributed by atoms with van der Waals surface area (Å²) < 4.78 is 1.96. The molecule has 2 fully saturated rings. The molecule has 31 heavy (non-hydrogen) atoms. The van der Waals surface area contributed by atoms with Gasteiger partial charge in [-0.05, 0) is 56.9 Å². The first-order chi connectivity index (χ1) is 15.1. The Labute approximate surface area is 181 Å². The zero-order valence-corrected chi connectivity index (χ0v) is 17.9. The Hall–Kier alpha value is -2.93. The van der Waals surface area contributed by atoms with Crippen molar-refractivity contribution in [3.8, 4) is 0 Å². The number of rotatable bonds is 3. The van der Waals surface area contributed by atoms with E-state index in [1.54, 1.807) is 12.4 Å². The lowest BCUT2D eigenvalue weighted by atomic mass is 9.89. The number of amides is 1.